The van der Waals surface area contributed by atoms with Gasteiger partial charge in [-0.1, -0.05) is 6.92 Å². The van der Waals surface area contributed by atoms with Crippen LogP contribution in [0.2, 0.25) is 0 Å². The molecule has 0 aliphatic carbocycles. The smallest absolute Gasteiger partial charge is 0.262 e. The first-order valence-electron chi connectivity index (χ1n) is 8.38. The summed E-state index contributed by atoms with van der Waals surface area (Å²) in [6.45, 7) is 3.02. The predicted molar refractivity (Wildman–Crippen MR) is 94.1 cm³/mol. The maximum absolute atomic E-state index is 12.9. The van der Waals surface area contributed by atoms with Crippen LogP contribution in [0.15, 0.2) is 23.1 Å². The first-order chi connectivity index (χ1) is 12.3. The molecule has 2 amide bonds. The van der Waals surface area contributed by atoms with Crippen molar-refractivity contribution in [2.24, 2.45) is 11.7 Å². The molecule has 3 N–H and O–H groups in total. The lowest BCUT2D eigenvalue weighted by atomic mass is 10.1. The second-order valence-corrected chi connectivity index (χ2v) is 8.30. The highest BCUT2D eigenvalue weighted by molar-refractivity contribution is 7.89. The molecular weight excluding hydrogens is 360 g/mol. The number of amides is 2. The summed E-state index contributed by atoms with van der Waals surface area (Å²) >= 11 is 0. The molecule has 2 heterocycles. The van der Waals surface area contributed by atoms with Gasteiger partial charge in [0.15, 0.2) is 6.61 Å². The lowest BCUT2D eigenvalue weighted by Crippen LogP contribution is -2.52. The Kier molecular flexibility index (Phi) is 5.17. The van der Waals surface area contributed by atoms with Crippen molar-refractivity contribution in [1.82, 2.24) is 9.21 Å². The van der Waals surface area contributed by atoms with E-state index in [1.54, 1.807) is 11.8 Å². The van der Waals surface area contributed by atoms with E-state index < -0.39 is 10.0 Å². The van der Waals surface area contributed by atoms with E-state index in [2.05, 4.69) is 5.32 Å². The summed E-state index contributed by atoms with van der Waals surface area (Å²) in [4.78, 5) is 25.3. The van der Waals surface area contributed by atoms with E-state index in [1.165, 1.54) is 22.5 Å². The second-order valence-electron chi connectivity index (χ2n) is 6.36. The van der Waals surface area contributed by atoms with Crippen molar-refractivity contribution in [1.29, 1.82) is 0 Å². The third-order valence-electron chi connectivity index (χ3n) is 4.55. The molecular formula is C16H22N4O5S. The maximum Gasteiger partial charge on any atom is 0.262 e. The van der Waals surface area contributed by atoms with Gasteiger partial charge in [0.2, 0.25) is 15.9 Å². The standard InChI is InChI=1S/C16H22N4O5S/c1-11(9-17)16(22)19-4-6-20(7-5-19)26(23,24)12-2-3-14-13(8-12)18-15(21)10-25-14/h2-3,8,11H,4-7,9-10,17H2,1H3,(H,18,21). The fourth-order valence-electron chi connectivity index (χ4n) is 2.93. The Hall–Kier alpha value is -2.17. The molecule has 142 valence electrons. The minimum atomic E-state index is -3.72. The van der Waals surface area contributed by atoms with Crippen LogP contribution in [0.1, 0.15) is 6.92 Å². The highest BCUT2D eigenvalue weighted by Crippen LogP contribution is 2.31. The Morgan fingerprint density at radius 1 is 1.31 bits per heavy atom. The van der Waals surface area contributed by atoms with Crippen LogP contribution in [0.4, 0.5) is 5.69 Å². The van der Waals surface area contributed by atoms with Gasteiger partial charge in [0, 0.05) is 38.6 Å². The zero-order valence-corrected chi connectivity index (χ0v) is 15.3. The minimum Gasteiger partial charge on any atom is -0.482 e. The van der Waals surface area contributed by atoms with Gasteiger partial charge in [-0.3, -0.25) is 9.59 Å². The van der Waals surface area contributed by atoms with Crippen molar-refractivity contribution in [3.05, 3.63) is 18.2 Å². The highest BCUT2D eigenvalue weighted by Gasteiger charge is 2.32. The van der Waals surface area contributed by atoms with Crippen LogP contribution in [0.5, 0.6) is 5.75 Å². The van der Waals surface area contributed by atoms with Crippen LogP contribution in [-0.2, 0) is 19.6 Å². The molecule has 0 saturated carbocycles. The second kappa shape index (κ2) is 7.22. The van der Waals surface area contributed by atoms with Gasteiger partial charge in [-0.05, 0) is 18.2 Å². The molecule has 1 fully saturated rings. The summed E-state index contributed by atoms with van der Waals surface area (Å²) in [5.74, 6) is -0.219. The number of ether oxygens (including phenoxy) is 1. The quantitative estimate of drug-likeness (QED) is 0.720. The Labute approximate surface area is 152 Å². The van der Waals surface area contributed by atoms with Crippen LogP contribution in [0.25, 0.3) is 0 Å². The van der Waals surface area contributed by atoms with E-state index in [0.29, 0.717) is 24.5 Å². The van der Waals surface area contributed by atoms with E-state index in [4.69, 9.17) is 10.5 Å². The summed E-state index contributed by atoms with van der Waals surface area (Å²) in [6, 6.07) is 4.39. The molecule has 1 unspecified atom stereocenters. The molecule has 1 aromatic rings. The molecule has 26 heavy (non-hydrogen) atoms. The van der Waals surface area contributed by atoms with Crippen LogP contribution in [-0.4, -0.2) is 68.8 Å². The largest absolute Gasteiger partial charge is 0.482 e. The topological polar surface area (TPSA) is 122 Å². The molecule has 2 aliphatic rings. The Bertz CT molecular complexity index is 818. The molecule has 3 rings (SSSR count). The molecule has 0 radical (unpaired) electrons. The number of nitrogens with one attached hydrogen (secondary N) is 1. The Morgan fingerprint density at radius 2 is 2.00 bits per heavy atom. The molecule has 0 aromatic heterocycles. The van der Waals surface area contributed by atoms with Crippen LogP contribution >= 0.6 is 0 Å². The van der Waals surface area contributed by atoms with E-state index >= 15 is 0 Å². The highest BCUT2D eigenvalue weighted by atomic mass is 32.2. The first kappa shape index (κ1) is 18.6. The van der Waals surface area contributed by atoms with Crippen molar-refractivity contribution in [3.8, 4) is 5.75 Å². The van der Waals surface area contributed by atoms with Gasteiger partial charge in [0.25, 0.3) is 5.91 Å². The minimum absolute atomic E-state index is 0.0572. The summed E-state index contributed by atoms with van der Waals surface area (Å²) in [5.41, 5.74) is 5.86. The monoisotopic (exact) mass is 382 g/mol. The van der Waals surface area contributed by atoms with Crippen molar-refractivity contribution in [3.63, 3.8) is 0 Å². The van der Waals surface area contributed by atoms with Gasteiger partial charge in [0.05, 0.1) is 10.6 Å². The van der Waals surface area contributed by atoms with Gasteiger partial charge in [-0.15, -0.1) is 0 Å². The zero-order valence-electron chi connectivity index (χ0n) is 14.5. The van der Waals surface area contributed by atoms with Crippen LogP contribution < -0.4 is 15.8 Å². The van der Waals surface area contributed by atoms with E-state index in [0.717, 1.165) is 0 Å². The number of piperazine rings is 1. The average molecular weight is 382 g/mol. The Balaban J connectivity index is 1.73. The van der Waals surface area contributed by atoms with Gasteiger partial charge >= 0.3 is 0 Å². The molecule has 1 saturated heterocycles. The number of sulfonamides is 1. The molecule has 2 aliphatic heterocycles. The molecule has 9 nitrogen and oxygen atoms in total. The lowest BCUT2D eigenvalue weighted by Gasteiger charge is -2.35. The normalized spacial score (nSPS) is 19.3. The summed E-state index contributed by atoms with van der Waals surface area (Å²) in [5, 5.41) is 2.60. The van der Waals surface area contributed by atoms with Crippen LogP contribution in [0, 0.1) is 5.92 Å². The SMILES string of the molecule is CC(CN)C(=O)N1CCN(S(=O)(=O)c2ccc3c(c2)NC(=O)CO3)CC1. The first-order valence-corrected chi connectivity index (χ1v) is 9.82. The van der Waals surface area contributed by atoms with E-state index in [9.17, 15) is 18.0 Å². The van der Waals surface area contributed by atoms with Gasteiger partial charge < -0.3 is 20.7 Å². The van der Waals surface area contributed by atoms with Crippen molar-refractivity contribution in [2.75, 3.05) is 44.6 Å². The van der Waals surface area contributed by atoms with Crippen molar-refractivity contribution >= 4 is 27.5 Å². The number of fused-ring (bicyclic) bond motifs is 1. The molecule has 1 atom stereocenters. The number of nitrogens with zero attached hydrogens (tertiary/aromatic N) is 2. The number of rotatable bonds is 4. The third kappa shape index (κ3) is 3.53. The van der Waals surface area contributed by atoms with Gasteiger partial charge in [0.1, 0.15) is 5.75 Å². The molecule has 0 bridgehead atoms. The van der Waals surface area contributed by atoms with Crippen LogP contribution in [0.3, 0.4) is 0 Å². The van der Waals surface area contributed by atoms with E-state index in [-0.39, 0.29) is 48.9 Å². The number of carbonyl (C=O) groups is 2. The number of hydrogen-bond acceptors (Lipinski definition) is 6. The molecule has 0 spiro atoms. The van der Waals surface area contributed by atoms with Gasteiger partial charge in [-0.25, -0.2) is 8.42 Å². The number of anilines is 1. The van der Waals surface area contributed by atoms with Gasteiger partial charge in [-0.2, -0.15) is 4.31 Å². The fraction of sp³-hybridized carbons (Fsp3) is 0.500. The average Bonchev–Trinajstić information content (AvgIpc) is 2.66. The number of hydrogen-bond donors (Lipinski definition) is 2. The lowest BCUT2D eigenvalue weighted by molar-refractivity contribution is -0.135. The Morgan fingerprint density at radius 3 is 2.65 bits per heavy atom. The molecule has 1 aromatic carbocycles. The number of benzene rings is 1. The van der Waals surface area contributed by atoms with Crippen molar-refractivity contribution < 1.29 is 22.7 Å². The number of nitrogens with two attached hydrogens (primary N) is 1. The van der Waals surface area contributed by atoms with Crippen molar-refractivity contribution in [2.45, 2.75) is 11.8 Å². The third-order valence-corrected chi connectivity index (χ3v) is 6.44. The summed E-state index contributed by atoms with van der Waals surface area (Å²) in [7, 11) is -3.72. The van der Waals surface area contributed by atoms with E-state index in [1.807, 2.05) is 0 Å². The summed E-state index contributed by atoms with van der Waals surface area (Å²) < 4.78 is 32.3. The maximum atomic E-state index is 12.9. The molecule has 10 heteroatoms. The predicted octanol–water partition coefficient (Wildman–Crippen LogP) is -0.555. The number of carbonyl (C=O) groups excluding carboxylic acids is 2. The fourth-order valence-corrected chi connectivity index (χ4v) is 4.38. The summed E-state index contributed by atoms with van der Waals surface area (Å²) in [6.07, 6.45) is 0. The zero-order chi connectivity index (χ0) is 18.9.